The van der Waals surface area contributed by atoms with Crippen molar-refractivity contribution in [3.8, 4) is 0 Å². The van der Waals surface area contributed by atoms with Gasteiger partial charge in [0.15, 0.2) is 0 Å². The van der Waals surface area contributed by atoms with Crippen molar-refractivity contribution in [2.24, 2.45) is 11.8 Å². The molecule has 1 aromatic rings. The van der Waals surface area contributed by atoms with Crippen LogP contribution in [0.5, 0.6) is 0 Å². The van der Waals surface area contributed by atoms with Gasteiger partial charge in [-0.25, -0.2) is 9.18 Å². The second-order valence-corrected chi connectivity index (χ2v) is 6.98. The van der Waals surface area contributed by atoms with Gasteiger partial charge in [0, 0.05) is 32.1 Å². The maximum Gasteiger partial charge on any atom is 0.317 e. The fourth-order valence-corrected chi connectivity index (χ4v) is 3.16. The molecule has 1 fully saturated rings. The van der Waals surface area contributed by atoms with Crippen molar-refractivity contribution in [2.75, 3.05) is 26.2 Å². The molecule has 1 heterocycles. The summed E-state index contributed by atoms with van der Waals surface area (Å²) in [6.07, 6.45) is 0.916. The quantitative estimate of drug-likeness (QED) is 0.829. The van der Waals surface area contributed by atoms with Crippen LogP contribution in [0.15, 0.2) is 24.3 Å². The maximum atomic E-state index is 13.2. The maximum absolute atomic E-state index is 13.2. The number of hydrogen-bond acceptors (Lipinski definition) is 2. The number of amides is 3. The molecule has 138 valence electrons. The predicted octanol–water partition coefficient (Wildman–Crippen LogP) is 2.73. The van der Waals surface area contributed by atoms with E-state index in [1.807, 2.05) is 6.92 Å². The van der Waals surface area contributed by atoms with Crippen molar-refractivity contribution in [3.05, 3.63) is 35.6 Å². The van der Waals surface area contributed by atoms with Crippen LogP contribution in [0.4, 0.5) is 9.18 Å². The zero-order valence-corrected chi connectivity index (χ0v) is 15.2. The van der Waals surface area contributed by atoms with E-state index < -0.39 is 0 Å². The summed E-state index contributed by atoms with van der Waals surface area (Å²) < 4.78 is 13.2. The molecule has 0 saturated carbocycles. The Bertz CT molecular complexity index is 589. The number of hydrogen-bond donors (Lipinski definition) is 2. The van der Waals surface area contributed by atoms with E-state index in [4.69, 9.17) is 0 Å². The third-order valence-corrected chi connectivity index (χ3v) is 4.59. The third kappa shape index (κ3) is 5.18. The van der Waals surface area contributed by atoms with Crippen LogP contribution in [0.25, 0.3) is 0 Å². The van der Waals surface area contributed by atoms with Gasteiger partial charge >= 0.3 is 6.03 Å². The van der Waals surface area contributed by atoms with Gasteiger partial charge in [-0.15, -0.1) is 0 Å². The van der Waals surface area contributed by atoms with Crippen molar-refractivity contribution in [1.29, 1.82) is 0 Å². The van der Waals surface area contributed by atoms with Crippen LogP contribution in [0.1, 0.15) is 38.7 Å². The van der Waals surface area contributed by atoms with Crippen LogP contribution >= 0.6 is 0 Å². The summed E-state index contributed by atoms with van der Waals surface area (Å²) in [4.78, 5) is 26.5. The third-order valence-electron chi connectivity index (χ3n) is 4.59. The molecule has 1 aliphatic rings. The van der Waals surface area contributed by atoms with E-state index in [-0.39, 0.29) is 29.6 Å². The van der Waals surface area contributed by atoms with Gasteiger partial charge in [-0.3, -0.25) is 4.79 Å². The molecule has 2 N–H and O–H groups in total. The number of benzene rings is 1. The lowest BCUT2D eigenvalue weighted by Crippen LogP contribution is -2.40. The van der Waals surface area contributed by atoms with Crippen LogP contribution in [0.2, 0.25) is 0 Å². The molecule has 0 unspecified atom stereocenters. The SMILES string of the molecule is CCNC(=O)N1C[C@@H](C(=O)NCCC(C)C)[C@H](c2ccc(F)cc2)C1. The minimum atomic E-state index is -0.319. The largest absolute Gasteiger partial charge is 0.356 e. The number of carbonyl (C=O) groups excluding carboxylic acids is 2. The molecule has 0 spiro atoms. The fourth-order valence-electron chi connectivity index (χ4n) is 3.16. The first-order valence-corrected chi connectivity index (χ1v) is 8.98. The number of likely N-dealkylation sites (tertiary alicyclic amines) is 1. The van der Waals surface area contributed by atoms with Crippen LogP contribution < -0.4 is 10.6 Å². The molecular formula is C19H28FN3O2. The Hall–Kier alpha value is -2.11. The van der Waals surface area contributed by atoms with Gasteiger partial charge in [-0.1, -0.05) is 26.0 Å². The molecule has 0 radical (unpaired) electrons. The first-order valence-electron chi connectivity index (χ1n) is 8.98. The van der Waals surface area contributed by atoms with E-state index in [2.05, 4.69) is 24.5 Å². The molecule has 1 saturated heterocycles. The van der Waals surface area contributed by atoms with Gasteiger partial charge in [-0.05, 0) is 37.0 Å². The van der Waals surface area contributed by atoms with Crippen molar-refractivity contribution in [3.63, 3.8) is 0 Å². The summed E-state index contributed by atoms with van der Waals surface area (Å²) in [7, 11) is 0. The van der Waals surface area contributed by atoms with Crippen LogP contribution in [0.3, 0.4) is 0 Å². The molecular weight excluding hydrogens is 321 g/mol. The average molecular weight is 349 g/mol. The van der Waals surface area contributed by atoms with Crippen molar-refractivity contribution in [1.82, 2.24) is 15.5 Å². The molecule has 0 aromatic heterocycles. The minimum absolute atomic E-state index is 0.0400. The summed E-state index contributed by atoms with van der Waals surface area (Å²) in [6, 6.07) is 6.05. The number of carbonyl (C=O) groups is 2. The highest BCUT2D eigenvalue weighted by atomic mass is 19.1. The second kappa shape index (κ2) is 8.83. The summed E-state index contributed by atoms with van der Waals surface area (Å²) in [6.45, 7) is 8.09. The van der Waals surface area contributed by atoms with E-state index >= 15 is 0 Å². The first kappa shape index (κ1) is 19.2. The van der Waals surface area contributed by atoms with E-state index in [0.717, 1.165) is 12.0 Å². The molecule has 2 atom stereocenters. The highest BCUT2D eigenvalue weighted by Gasteiger charge is 2.40. The van der Waals surface area contributed by atoms with E-state index in [0.29, 0.717) is 32.1 Å². The number of halogens is 1. The van der Waals surface area contributed by atoms with Crippen molar-refractivity contribution in [2.45, 2.75) is 33.1 Å². The Labute approximate surface area is 149 Å². The van der Waals surface area contributed by atoms with E-state index in [1.165, 1.54) is 12.1 Å². The highest BCUT2D eigenvalue weighted by molar-refractivity contribution is 5.82. The van der Waals surface area contributed by atoms with Crippen LogP contribution in [-0.4, -0.2) is 43.0 Å². The highest BCUT2D eigenvalue weighted by Crippen LogP contribution is 2.33. The summed E-state index contributed by atoms with van der Waals surface area (Å²) in [5.41, 5.74) is 0.886. The lowest BCUT2D eigenvalue weighted by Gasteiger charge is -2.18. The molecule has 1 aromatic carbocycles. The zero-order valence-electron chi connectivity index (χ0n) is 15.2. The number of nitrogens with one attached hydrogen (secondary N) is 2. The van der Waals surface area contributed by atoms with Crippen LogP contribution in [0, 0.1) is 17.7 Å². The first-order chi connectivity index (χ1) is 11.9. The monoisotopic (exact) mass is 349 g/mol. The predicted molar refractivity (Wildman–Crippen MR) is 95.7 cm³/mol. The number of rotatable bonds is 6. The number of urea groups is 1. The molecule has 3 amide bonds. The second-order valence-electron chi connectivity index (χ2n) is 6.98. The summed E-state index contributed by atoms with van der Waals surface area (Å²) in [5, 5.41) is 5.77. The Kier molecular flexibility index (Phi) is 6.79. The molecule has 0 bridgehead atoms. The smallest absolute Gasteiger partial charge is 0.317 e. The van der Waals surface area contributed by atoms with Crippen molar-refractivity contribution >= 4 is 11.9 Å². The standard InChI is InChI=1S/C19H28FN3O2/c1-4-21-19(25)23-11-16(14-5-7-15(20)8-6-14)17(12-23)18(24)22-10-9-13(2)3/h5-8,13,16-17H,4,9-12H2,1-3H3,(H,21,25)(H,22,24)/t16-,17+/m0/s1. The molecule has 25 heavy (non-hydrogen) atoms. The molecule has 1 aliphatic heterocycles. The molecule has 2 rings (SSSR count). The number of nitrogens with zero attached hydrogens (tertiary/aromatic N) is 1. The molecule has 0 aliphatic carbocycles. The zero-order chi connectivity index (χ0) is 18.4. The normalized spacial score (nSPS) is 20.0. The minimum Gasteiger partial charge on any atom is -0.356 e. The Morgan fingerprint density at radius 2 is 1.88 bits per heavy atom. The van der Waals surface area contributed by atoms with Gasteiger partial charge in [0.05, 0.1) is 5.92 Å². The fraction of sp³-hybridized carbons (Fsp3) is 0.579. The lowest BCUT2D eigenvalue weighted by molar-refractivity contribution is -0.124. The Morgan fingerprint density at radius 3 is 2.48 bits per heavy atom. The topological polar surface area (TPSA) is 61.4 Å². The van der Waals surface area contributed by atoms with Gasteiger partial charge < -0.3 is 15.5 Å². The molecule has 5 nitrogen and oxygen atoms in total. The van der Waals surface area contributed by atoms with Gasteiger partial charge in [0.1, 0.15) is 5.82 Å². The van der Waals surface area contributed by atoms with E-state index in [9.17, 15) is 14.0 Å². The van der Waals surface area contributed by atoms with Gasteiger partial charge in [-0.2, -0.15) is 0 Å². The van der Waals surface area contributed by atoms with Gasteiger partial charge in [0.2, 0.25) is 5.91 Å². The lowest BCUT2D eigenvalue weighted by atomic mass is 9.88. The van der Waals surface area contributed by atoms with E-state index in [1.54, 1.807) is 17.0 Å². The van der Waals surface area contributed by atoms with Gasteiger partial charge in [0.25, 0.3) is 0 Å². The summed E-state index contributed by atoms with van der Waals surface area (Å²) >= 11 is 0. The van der Waals surface area contributed by atoms with Crippen LogP contribution in [-0.2, 0) is 4.79 Å². The Balaban J connectivity index is 2.12. The summed E-state index contributed by atoms with van der Waals surface area (Å²) in [5.74, 6) is -0.270. The average Bonchev–Trinajstić information content (AvgIpc) is 3.01. The molecule has 6 heteroatoms. The van der Waals surface area contributed by atoms with Crippen molar-refractivity contribution < 1.29 is 14.0 Å². The Morgan fingerprint density at radius 1 is 1.20 bits per heavy atom.